The average molecular weight is 526 g/mol. The van der Waals surface area contributed by atoms with Crippen molar-refractivity contribution in [3.8, 4) is 5.75 Å². The normalized spacial score (nSPS) is 20.6. The fourth-order valence-electron chi connectivity index (χ4n) is 5.24. The van der Waals surface area contributed by atoms with Crippen LogP contribution < -0.4 is 15.4 Å². The van der Waals surface area contributed by atoms with E-state index >= 15 is 0 Å². The average Bonchev–Trinajstić information content (AvgIpc) is 2.89. The number of carbonyl (C=O) groups excluding carboxylic acids is 1. The number of ether oxygens (including phenoxy) is 2. The van der Waals surface area contributed by atoms with Gasteiger partial charge in [-0.2, -0.15) is 0 Å². The van der Waals surface area contributed by atoms with Gasteiger partial charge in [0.25, 0.3) is 0 Å². The van der Waals surface area contributed by atoms with E-state index in [2.05, 4.69) is 28.6 Å². The van der Waals surface area contributed by atoms with Crippen molar-refractivity contribution in [2.45, 2.75) is 96.3 Å². The van der Waals surface area contributed by atoms with Gasteiger partial charge in [-0.1, -0.05) is 13.0 Å². The molecule has 9 heteroatoms. The van der Waals surface area contributed by atoms with Crippen LogP contribution in [0.3, 0.4) is 0 Å². The number of methoxy groups -OCH3 is 1. The Kier molecular flexibility index (Phi) is 8.97. The van der Waals surface area contributed by atoms with Crippen LogP contribution in [-0.4, -0.2) is 64.0 Å². The van der Waals surface area contributed by atoms with Crippen LogP contribution in [0, 0.1) is 0 Å². The van der Waals surface area contributed by atoms with E-state index in [4.69, 9.17) is 14.5 Å². The number of hydrogen-bond donors (Lipinski definition) is 3. The predicted octanol–water partition coefficient (Wildman–Crippen LogP) is 5.62. The fraction of sp³-hybridized carbons (Fsp3) is 0.621. The standard InChI is InChI=1S/C29H43N5O4/c1-6-24-27(32-20-7-10-22(35)11-8-20)33-26(18-30-24)31-21-9-12-23(25(17-21)37-5)19-13-15-34(16-14-19)28(36)38-29(2,3)4/h9,12,17-20,22,35H,6-8,10-11,13-16H2,1-5H3,(H2,31,32,33). The molecule has 38 heavy (non-hydrogen) atoms. The lowest BCUT2D eigenvalue weighted by Gasteiger charge is -2.34. The van der Waals surface area contributed by atoms with Crippen molar-refractivity contribution in [1.29, 1.82) is 0 Å². The van der Waals surface area contributed by atoms with Gasteiger partial charge in [0, 0.05) is 30.9 Å². The molecule has 1 saturated carbocycles. The number of anilines is 3. The summed E-state index contributed by atoms with van der Waals surface area (Å²) in [6, 6.07) is 6.45. The number of nitrogens with one attached hydrogen (secondary N) is 2. The van der Waals surface area contributed by atoms with E-state index in [1.165, 1.54) is 0 Å². The lowest BCUT2D eigenvalue weighted by Crippen LogP contribution is -2.41. The van der Waals surface area contributed by atoms with E-state index in [0.29, 0.717) is 30.9 Å². The summed E-state index contributed by atoms with van der Waals surface area (Å²) in [5.74, 6) is 2.61. The Bertz CT molecular complexity index is 1090. The highest BCUT2D eigenvalue weighted by Gasteiger charge is 2.29. The zero-order chi connectivity index (χ0) is 27.3. The molecule has 3 N–H and O–H groups in total. The molecule has 0 unspecified atom stereocenters. The summed E-state index contributed by atoms with van der Waals surface area (Å²) >= 11 is 0. The molecule has 1 aromatic heterocycles. The van der Waals surface area contributed by atoms with Crippen LogP contribution >= 0.6 is 0 Å². The second kappa shape index (κ2) is 12.2. The molecule has 9 nitrogen and oxygen atoms in total. The van der Waals surface area contributed by atoms with Gasteiger partial charge < -0.3 is 30.1 Å². The number of aliphatic hydroxyl groups is 1. The first kappa shape index (κ1) is 28.0. The molecule has 1 aliphatic carbocycles. The summed E-state index contributed by atoms with van der Waals surface area (Å²) in [4.78, 5) is 23.7. The Morgan fingerprint density at radius 3 is 2.47 bits per heavy atom. The van der Waals surface area contributed by atoms with Gasteiger partial charge in [0.05, 0.1) is 25.1 Å². The molecule has 2 heterocycles. The molecule has 4 rings (SSSR count). The molecule has 2 fully saturated rings. The zero-order valence-electron chi connectivity index (χ0n) is 23.4. The van der Waals surface area contributed by atoms with Crippen LogP contribution in [0.15, 0.2) is 24.4 Å². The molecular weight excluding hydrogens is 482 g/mol. The number of aromatic nitrogens is 2. The predicted molar refractivity (Wildman–Crippen MR) is 149 cm³/mol. The Balaban J connectivity index is 1.41. The van der Waals surface area contributed by atoms with Crippen molar-refractivity contribution in [3.63, 3.8) is 0 Å². The lowest BCUT2D eigenvalue weighted by molar-refractivity contribution is 0.0204. The monoisotopic (exact) mass is 525 g/mol. The molecule has 2 aromatic rings. The summed E-state index contributed by atoms with van der Waals surface area (Å²) in [5.41, 5.74) is 2.47. The number of hydrogen-bond acceptors (Lipinski definition) is 8. The van der Waals surface area contributed by atoms with E-state index in [1.54, 1.807) is 18.2 Å². The van der Waals surface area contributed by atoms with Crippen LogP contribution in [0.2, 0.25) is 0 Å². The van der Waals surface area contributed by atoms with Crippen molar-refractivity contribution in [1.82, 2.24) is 14.9 Å². The molecule has 1 saturated heterocycles. The van der Waals surface area contributed by atoms with Crippen molar-refractivity contribution in [2.75, 3.05) is 30.8 Å². The number of aliphatic hydroxyl groups excluding tert-OH is 1. The minimum Gasteiger partial charge on any atom is -0.496 e. The zero-order valence-corrected chi connectivity index (χ0v) is 23.4. The number of amides is 1. The molecule has 1 aliphatic heterocycles. The molecule has 1 amide bonds. The Labute approximate surface area is 226 Å². The van der Waals surface area contributed by atoms with Crippen LogP contribution in [-0.2, 0) is 11.2 Å². The third kappa shape index (κ3) is 7.28. The van der Waals surface area contributed by atoms with E-state index in [-0.39, 0.29) is 12.2 Å². The second-order valence-corrected chi connectivity index (χ2v) is 11.4. The maximum absolute atomic E-state index is 12.4. The Morgan fingerprint density at radius 1 is 1.13 bits per heavy atom. The van der Waals surface area contributed by atoms with Gasteiger partial charge in [-0.15, -0.1) is 0 Å². The molecule has 1 aromatic carbocycles. The largest absolute Gasteiger partial charge is 0.496 e. The molecule has 208 valence electrons. The molecular formula is C29H43N5O4. The van der Waals surface area contributed by atoms with Gasteiger partial charge in [-0.25, -0.2) is 9.78 Å². The second-order valence-electron chi connectivity index (χ2n) is 11.4. The van der Waals surface area contributed by atoms with Gasteiger partial charge in [-0.05, 0) is 83.3 Å². The number of carbonyl (C=O) groups is 1. The summed E-state index contributed by atoms with van der Waals surface area (Å²) < 4.78 is 11.3. The minimum absolute atomic E-state index is 0.187. The maximum Gasteiger partial charge on any atom is 0.410 e. The third-order valence-electron chi connectivity index (χ3n) is 7.31. The Hall–Kier alpha value is -3.07. The lowest BCUT2D eigenvalue weighted by atomic mass is 9.88. The topological polar surface area (TPSA) is 109 Å². The third-order valence-corrected chi connectivity index (χ3v) is 7.31. The van der Waals surface area contributed by atoms with Crippen molar-refractivity contribution < 1.29 is 19.4 Å². The van der Waals surface area contributed by atoms with Crippen LogP contribution in [0.4, 0.5) is 22.1 Å². The molecule has 0 atom stereocenters. The number of benzene rings is 1. The van der Waals surface area contributed by atoms with Crippen molar-refractivity contribution in [3.05, 3.63) is 35.7 Å². The maximum atomic E-state index is 12.4. The number of piperidine rings is 1. The SMILES string of the molecule is CCc1ncc(Nc2ccc(C3CCN(C(=O)OC(C)(C)C)CC3)c(OC)c2)nc1NC1CCC(O)CC1. The highest BCUT2D eigenvalue weighted by atomic mass is 16.6. The first-order chi connectivity index (χ1) is 18.1. The van der Waals surface area contributed by atoms with Gasteiger partial charge in [0.2, 0.25) is 0 Å². The summed E-state index contributed by atoms with van der Waals surface area (Å²) in [6.07, 6.45) is 7.34. The van der Waals surface area contributed by atoms with E-state index in [0.717, 1.165) is 73.5 Å². The minimum atomic E-state index is -0.489. The van der Waals surface area contributed by atoms with Crippen molar-refractivity contribution in [2.24, 2.45) is 0 Å². The molecule has 0 spiro atoms. The van der Waals surface area contributed by atoms with E-state index in [1.807, 2.05) is 32.9 Å². The number of rotatable bonds is 7. The molecule has 2 aliphatic rings. The summed E-state index contributed by atoms with van der Waals surface area (Å²) in [5, 5.41) is 16.8. The quantitative estimate of drug-likeness (QED) is 0.427. The van der Waals surface area contributed by atoms with Crippen LogP contribution in [0.5, 0.6) is 5.75 Å². The molecule has 0 radical (unpaired) electrons. The van der Waals surface area contributed by atoms with Gasteiger partial charge in [-0.3, -0.25) is 4.98 Å². The molecule has 0 bridgehead atoms. The smallest absolute Gasteiger partial charge is 0.410 e. The fourth-order valence-corrected chi connectivity index (χ4v) is 5.24. The van der Waals surface area contributed by atoms with Crippen LogP contribution in [0.25, 0.3) is 0 Å². The first-order valence-electron chi connectivity index (χ1n) is 13.9. The summed E-state index contributed by atoms with van der Waals surface area (Å²) in [7, 11) is 1.69. The van der Waals surface area contributed by atoms with E-state index in [9.17, 15) is 9.90 Å². The number of likely N-dealkylation sites (tertiary alicyclic amines) is 1. The van der Waals surface area contributed by atoms with Crippen LogP contribution in [0.1, 0.15) is 83.4 Å². The van der Waals surface area contributed by atoms with E-state index < -0.39 is 5.60 Å². The number of aryl methyl sites for hydroxylation is 1. The highest BCUT2D eigenvalue weighted by Crippen LogP contribution is 2.37. The summed E-state index contributed by atoms with van der Waals surface area (Å²) in [6.45, 7) is 9.08. The van der Waals surface area contributed by atoms with Gasteiger partial charge in [0.1, 0.15) is 17.2 Å². The Morgan fingerprint density at radius 2 is 1.84 bits per heavy atom. The first-order valence-corrected chi connectivity index (χ1v) is 13.9. The van der Waals surface area contributed by atoms with Gasteiger partial charge in [0.15, 0.2) is 5.82 Å². The van der Waals surface area contributed by atoms with Gasteiger partial charge >= 0.3 is 6.09 Å². The van der Waals surface area contributed by atoms with Crippen molar-refractivity contribution >= 4 is 23.4 Å². The highest BCUT2D eigenvalue weighted by molar-refractivity contribution is 5.68. The number of nitrogens with zero attached hydrogens (tertiary/aromatic N) is 3.